The van der Waals surface area contributed by atoms with Crippen LogP contribution in [0.2, 0.25) is 0 Å². The first-order valence-electron chi connectivity index (χ1n) is 6.01. The van der Waals surface area contributed by atoms with Crippen molar-refractivity contribution in [1.82, 2.24) is 19.9 Å². The molecule has 2 aromatic heterocycles. The van der Waals surface area contributed by atoms with Gasteiger partial charge in [-0.1, -0.05) is 13.3 Å². The van der Waals surface area contributed by atoms with Gasteiger partial charge in [-0.25, -0.2) is 24.7 Å². The summed E-state index contributed by atoms with van der Waals surface area (Å²) in [5, 5.41) is 9.09. The summed E-state index contributed by atoms with van der Waals surface area (Å²) in [5.41, 5.74) is 1.29. The molecule has 0 amide bonds. The van der Waals surface area contributed by atoms with Crippen molar-refractivity contribution in [3.63, 3.8) is 0 Å². The maximum Gasteiger partial charge on any atom is 0.339 e. The fourth-order valence-electron chi connectivity index (χ4n) is 1.73. The van der Waals surface area contributed by atoms with E-state index in [9.17, 15) is 4.79 Å². The quantitative estimate of drug-likeness (QED) is 0.900. The van der Waals surface area contributed by atoms with Crippen molar-refractivity contribution in [2.24, 2.45) is 0 Å². The predicted molar refractivity (Wildman–Crippen MR) is 68.7 cm³/mol. The Hall–Kier alpha value is -2.37. The molecule has 2 rings (SSSR count). The minimum Gasteiger partial charge on any atom is -0.478 e. The SMILES string of the molecule is CCCc1nc(-c2ccnc(C)n2)ncc1C(=O)O. The van der Waals surface area contributed by atoms with Crippen molar-refractivity contribution in [1.29, 1.82) is 0 Å². The maximum atomic E-state index is 11.1. The van der Waals surface area contributed by atoms with Crippen LogP contribution in [-0.2, 0) is 6.42 Å². The molecule has 19 heavy (non-hydrogen) atoms. The molecule has 0 aromatic carbocycles. The zero-order chi connectivity index (χ0) is 13.8. The maximum absolute atomic E-state index is 11.1. The lowest BCUT2D eigenvalue weighted by Gasteiger charge is -2.06. The van der Waals surface area contributed by atoms with Gasteiger partial charge >= 0.3 is 5.97 Å². The third-order valence-corrected chi connectivity index (χ3v) is 2.59. The van der Waals surface area contributed by atoms with Crippen molar-refractivity contribution < 1.29 is 9.90 Å². The minimum atomic E-state index is -1.01. The van der Waals surface area contributed by atoms with Crippen LogP contribution in [0.3, 0.4) is 0 Å². The zero-order valence-electron chi connectivity index (χ0n) is 10.8. The van der Waals surface area contributed by atoms with Gasteiger partial charge in [0.1, 0.15) is 11.5 Å². The van der Waals surface area contributed by atoms with Crippen molar-refractivity contribution in [3.8, 4) is 11.5 Å². The highest BCUT2D eigenvalue weighted by Gasteiger charge is 2.14. The molecule has 0 atom stereocenters. The molecule has 0 unspecified atom stereocenters. The van der Waals surface area contributed by atoms with Gasteiger partial charge in [-0.2, -0.15) is 0 Å². The van der Waals surface area contributed by atoms with Crippen LogP contribution < -0.4 is 0 Å². The van der Waals surface area contributed by atoms with Crippen molar-refractivity contribution in [2.45, 2.75) is 26.7 Å². The summed E-state index contributed by atoms with van der Waals surface area (Å²) in [5.74, 6) is 0.0493. The van der Waals surface area contributed by atoms with E-state index in [-0.39, 0.29) is 5.56 Å². The lowest BCUT2D eigenvalue weighted by Crippen LogP contribution is -2.08. The Kier molecular flexibility index (Phi) is 3.79. The van der Waals surface area contributed by atoms with E-state index in [4.69, 9.17) is 5.11 Å². The zero-order valence-corrected chi connectivity index (χ0v) is 10.8. The Bertz CT molecular complexity index is 613. The summed E-state index contributed by atoms with van der Waals surface area (Å²) in [4.78, 5) is 27.7. The number of hydrogen-bond donors (Lipinski definition) is 1. The van der Waals surface area contributed by atoms with Gasteiger partial charge in [0.2, 0.25) is 0 Å². The topological polar surface area (TPSA) is 88.9 Å². The molecule has 1 N–H and O–H groups in total. The molecule has 0 bridgehead atoms. The van der Waals surface area contributed by atoms with Gasteiger partial charge in [-0.3, -0.25) is 0 Å². The minimum absolute atomic E-state index is 0.149. The number of carbonyl (C=O) groups is 1. The van der Waals surface area contributed by atoms with Crippen molar-refractivity contribution in [2.75, 3.05) is 0 Å². The number of aromatic nitrogens is 4. The molecule has 2 aromatic rings. The molecule has 98 valence electrons. The van der Waals surface area contributed by atoms with Crippen molar-refractivity contribution in [3.05, 3.63) is 35.5 Å². The first-order chi connectivity index (χ1) is 9.11. The number of aromatic carboxylic acids is 1. The smallest absolute Gasteiger partial charge is 0.339 e. The monoisotopic (exact) mass is 258 g/mol. The summed E-state index contributed by atoms with van der Waals surface area (Å²) in [6.07, 6.45) is 4.39. The van der Waals surface area contributed by atoms with E-state index in [2.05, 4.69) is 19.9 Å². The Balaban J connectivity index is 2.48. The van der Waals surface area contributed by atoms with E-state index in [1.165, 1.54) is 6.20 Å². The first kappa shape index (κ1) is 13.1. The van der Waals surface area contributed by atoms with E-state index < -0.39 is 5.97 Å². The van der Waals surface area contributed by atoms with Crippen LogP contribution in [0.15, 0.2) is 18.5 Å². The van der Waals surface area contributed by atoms with Crippen LogP contribution >= 0.6 is 0 Å². The molecular formula is C13H14N4O2. The molecule has 0 aliphatic carbocycles. The van der Waals surface area contributed by atoms with Crippen LogP contribution in [0.25, 0.3) is 11.5 Å². The molecule has 6 heteroatoms. The van der Waals surface area contributed by atoms with Crippen LogP contribution in [0.1, 0.15) is 35.2 Å². The summed E-state index contributed by atoms with van der Waals surface area (Å²) >= 11 is 0. The summed E-state index contributed by atoms with van der Waals surface area (Å²) in [7, 11) is 0. The number of aryl methyl sites for hydroxylation is 2. The van der Waals surface area contributed by atoms with E-state index >= 15 is 0 Å². The van der Waals surface area contributed by atoms with Crippen LogP contribution in [0, 0.1) is 6.92 Å². The second kappa shape index (κ2) is 5.51. The molecule has 0 aliphatic rings. The Morgan fingerprint density at radius 1 is 1.32 bits per heavy atom. The predicted octanol–water partition coefficient (Wildman–Crippen LogP) is 1.89. The number of carboxylic acid groups (broad SMARTS) is 1. The number of hydrogen-bond acceptors (Lipinski definition) is 5. The van der Waals surface area contributed by atoms with Crippen molar-refractivity contribution >= 4 is 5.97 Å². The van der Waals surface area contributed by atoms with Crippen LogP contribution in [0.4, 0.5) is 0 Å². The third kappa shape index (κ3) is 2.90. The Morgan fingerprint density at radius 3 is 2.74 bits per heavy atom. The number of rotatable bonds is 4. The van der Waals surface area contributed by atoms with E-state index in [0.29, 0.717) is 29.5 Å². The van der Waals surface area contributed by atoms with Gasteiger partial charge in [0.25, 0.3) is 0 Å². The molecule has 0 radical (unpaired) electrons. The molecule has 0 aliphatic heterocycles. The lowest BCUT2D eigenvalue weighted by molar-refractivity contribution is 0.0694. The summed E-state index contributed by atoms with van der Waals surface area (Å²) in [6, 6.07) is 1.71. The van der Waals surface area contributed by atoms with E-state index in [1.807, 2.05) is 6.92 Å². The van der Waals surface area contributed by atoms with Gasteiger partial charge in [-0.15, -0.1) is 0 Å². The molecule has 0 saturated heterocycles. The fraction of sp³-hybridized carbons (Fsp3) is 0.308. The van der Waals surface area contributed by atoms with Gasteiger partial charge in [-0.05, 0) is 19.4 Å². The Morgan fingerprint density at radius 2 is 2.11 bits per heavy atom. The highest BCUT2D eigenvalue weighted by molar-refractivity contribution is 5.88. The highest BCUT2D eigenvalue weighted by atomic mass is 16.4. The molecule has 0 fully saturated rings. The standard InChI is InChI=1S/C13H14N4O2/c1-3-4-10-9(13(18)19)7-15-12(17-10)11-5-6-14-8(2)16-11/h5-7H,3-4H2,1-2H3,(H,18,19). The van der Waals surface area contributed by atoms with Crippen LogP contribution in [-0.4, -0.2) is 31.0 Å². The summed E-state index contributed by atoms with van der Waals surface area (Å²) < 4.78 is 0. The summed E-state index contributed by atoms with van der Waals surface area (Å²) in [6.45, 7) is 3.75. The van der Waals surface area contributed by atoms with Gasteiger partial charge < -0.3 is 5.11 Å². The van der Waals surface area contributed by atoms with Gasteiger partial charge in [0.15, 0.2) is 5.82 Å². The van der Waals surface area contributed by atoms with E-state index in [1.54, 1.807) is 19.2 Å². The number of nitrogens with zero attached hydrogens (tertiary/aromatic N) is 4. The second-order valence-corrected chi connectivity index (χ2v) is 4.10. The molecule has 6 nitrogen and oxygen atoms in total. The first-order valence-corrected chi connectivity index (χ1v) is 6.01. The van der Waals surface area contributed by atoms with E-state index in [0.717, 1.165) is 6.42 Å². The molecule has 0 saturated carbocycles. The van der Waals surface area contributed by atoms with Gasteiger partial charge in [0, 0.05) is 12.4 Å². The molecule has 2 heterocycles. The Labute approximate surface area is 110 Å². The molecular weight excluding hydrogens is 244 g/mol. The highest BCUT2D eigenvalue weighted by Crippen LogP contribution is 2.15. The average molecular weight is 258 g/mol. The number of carboxylic acids is 1. The van der Waals surface area contributed by atoms with Gasteiger partial charge in [0.05, 0.1) is 11.3 Å². The fourth-order valence-corrected chi connectivity index (χ4v) is 1.73. The molecule has 0 spiro atoms. The van der Waals surface area contributed by atoms with Crippen LogP contribution in [0.5, 0.6) is 0 Å². The second-order valence-electron chi connectivity index (χ2n) is 4.10. The largest absolute Gasteiger partial charge is 0.478 e. The normalized spacial score (nSPS) is 10.4. The lowest BCUT2D eigenvalue weighted by atomic mass is 10.1. The average Bonchev–Trinajstić information content (AvgIpc) is 2.39. The third-order valence-electron chi connectivity index (χ3n) is 2.59.